The third-order valence-corrected chi connectivity index (χ3v) is 5.09. The van der Waals surface area contributed by atoms with E-state index in [2.05, 4.69) is 48.8 Å². The number of methoxy groups -OCH3 is 1. The van der Waals surface area contributed by atoms with Crippen molar-refractivity contribution in [3.63, 3.8) is 0 Å². The van der Waals surface area contributed by atoms with Gasteiger partial charge in [0.15, 0.2) is 0 Å². The predicted molar refractivity (Wildman–Crippen MR) is 102 cm³/mol. The van der Waals surface area contributed by atoms with E-state index in [4.69, 9.17) is 21.2 Å². The van der Waals surface area contributed by atoms with Crippen molar-refractivity contribution in [1.29, 1.82) is 0 Å². The zero-order chi connectivity index (χ0) is 18.9. The van der Waals surface area contributed by atoms with E-state index in [0.29, 0.717) is 5.02 Å². The number of hydrogen-bond donors (Lipinski definition) is 0. The molecule has 0 N–H and O–H groups in total. The maximum absolute atomic E-state index is 6.40. The Hall–Kier alpha value is -1.41. The second-order valence-electron chi connectivity index (χ2n) is 7.14. The van der Waals surface area contributed by atoms with Crippen molar-refractivity contribution in [1.82, 2.24) is 5.06 Å². The Morgan fingerprint density at radius 3 is 2.23 bits per heavy atom. The van der Waals surface area contributed by atoms with Gasteiger partial charge in [-0.2, -0.15) is 0 Å². The van der Waals surface area contributed by atoms with Crippen LogP contribution in [0.1, 0.15) is 37.9 Å². The maximum atomic E-state index is 6.40. The van der Waals surface area contributed by atoms with Gasteiger partial charge >= 0.3 is 168 Å². The van der Waals surface area contributed by atoms with Crippen molar-refractivity contribution in [2.45, 2.75) is 32.4 Å². The van der Waals surface area contributed by atoms with Gasteiger partial charge in [-0.05, 0) is 0 Å². The van der Waals surface area contributed by atoms with E-state index < -0.39 is 0 Å². The third kappa shape index (κ3) is 3.81. The van der Waals surface area contributed by atoms with Gasteiger partial charge in [0.1, 0.15) is 0 Å². The van der Waals surface area contributed by atoms with Crippen LogP contribution < -0.4 is 0 Å². The van der Waals surface area contributed by atoms with Gasteiger partial charge in [0.2, 0.25) is 0 Å². The van der Waals surface area contributed by atoms with Crippen LogP contribution in [0.3, 0.4) is 0 Å². The first kappa shape index (κ1) is 19.4. The molecule has 0 spiro atoms. The van der Waals surface area contributed by atoms with Crippen molar-refractivity contribution in [2.75, 3.05) is 7.11 Å². The van der Waals surface area contributed by atoms with Gasteiger partial charge in [-0.15, -0.1) is 0 Å². The molecule has 1 unspecified atom stereocenters. The molecule has 1 heterocycles. The molecule has 136 valence electrons. The second kappa shape index (κ2) is 7.68. The van der Waals surface area contributed by atoms with Crippen LogP contribution in [0.25, 0.3) is 5.76 Å². The fourth-order valence-corrected chi connectivity index (χ4v) is 3.47. The molecule has 1 aliphatic rings. The molecular formula is C21H22ClCrNO2. The van der Waals surface area contributed by atoms with Crippen LogP contribution in [0.2, 0.25) is 5.02 Å². The molecule has 2 aromatic carbocycles. The Balaban J connectivity index is 2.20. The molecule has 5 heteroatoms. The average Bonchev–Trinajstić information content (AvgIpc) is 3.03. The van der Waals surface area contributed by atoms with Crippen LogP contribution in [0.5, 0.6) is 0 Å². The van der Waals surface area contributed by atoms with Crippen molar-refractivity contribution >= 4 is 21.9 Å². The molecule has 0 fully saturated rings. The first-order valence-electron chi connectivity index (χ1n) is 8.43. The minimum atomic E-state index is -0.214. The van der Waals surface area contributed by atoms with Gasteiger partial charge in [0, 0.05) is 0 Å². The van der Waals surface area contributed by atoms with Crippen LogP contribution >= 0.6 is 11.6 Å². The predicted octanol–water partition coefficient (Wildman–Crippen LogP) is 5.16. The molecule has 0 aromatic heterocycles. The van der Waals surface area contributed by atoms with Gasteiger partial charge in [0.25, 0.3) is 0 Å². The Kier molecular flexibility index (Phi) is 5.72. The van der Waals surface area contributed by atoms with Gasteiger partial charge < -0.3 is 0 Å². The summed E-state index contributed by atoms with van der Waals surface area (Å²) in [5.74, 6) is 0.779. The first-order valence-corrected chi connectivity index (χ1v) is 9.45. The van der Waals surface area contributed by atoms with Crippen LogP contribution in [0.4, 0.5) is 0 Å². The summed E-state index contributed by atoms with van der Waals surface area (Å²) in [6.45, 7) is 6.41. The Morgan fingerprint density at radius 1 is 1.08 bits per heavy atom. The normalized spacial score (nSPS) is 18.1. The van der Waals surface area contributed by atoms with E-state index in [1.54, 1.807) is 7.11 Å². The van der Waals surface area contributed by atoms with Crippen molar-refractivity contribution in [3.8, 4) is 0 Å². The Morgan fingerprint density at radius 2 is 1.69 bits per heavy atom. The number of rotatable bonds is 4. The molecule has 0 amide bonds. The quantitative estimate of drug-likeness (QED) is 0.698. The number of ether oxygens (including phenoxy) is 1. The van der Waals surface area contributed by atoms with Crippen LogP contribution in [-0.2, 0) is 25.4 Å². The Labute approximate surface area is 168 Å². The van der Waals surface area contributed by atoms with E-state index in [9.17, 15) is 0 Å². The standard InChI is InChI=1S/C21H22ClNO2.Cr/c1-21(2,3)23-19(15-8-6-5-7-9-15)18(14-24-4)20(25-23)16-10-12-17(22)13-11-16;/h5-13,19H,1-4H3;. The Bertz CT molecular complexity index is 825. The van der Waals surface area contributed by atoms with Crippen LogP contribution in [0, 0.1) is 0 Å². The summed E-state index contributed by atoms with van der Waals surface area (Å²) in [6, 6.07) is 17.9. The van der Waals surface area contributed by atoms with Gasteiger partial charge in [-0.25, -0.2) is 0 Å². The molecule has 0 aliphatic carbocycles. The summed E-state index contributed by atoms with van der Waals surface area (Å²) < 4.78 is 6.31. The monoisotopic (exact) mass is 407 g/mol. The van der Waals surface area contributed by atoms with Crippen LogP contribution in [0.15, 0.2) is 60.2 Å². The zero-order valence-corrected chi connectivity index (χ0v) is 17.4. The van der Waals surface area contributed by atoms with E-state index >= 15 is 0 Å². The molecule has 1 atom stereocenters. The fourth-order valence-electron chi connectivity index (χ4n) is 3.03. The number of hydrogen-bond acceptors (Lipinski definition) is 3. The van der Waals surface area contributed by atoms with Gasteiger partial charge in [-0.1, -0.05) is 0 Å². The SMILES string of the molecule is CO[C](=[Cr])C1=C(c2ccc(Cl)cc2)ON(C(C)(C)C)C1c1ccccc1. The second-order valence-corrected chi connectivity index (χ2v) is 8.16. The molecule has 1 aliphatic heterocycles. The minimum absolute atomic E-state index is 0.0851. The van der Waals surface area contributed by atoms with E-state index in [0.717, 1.165) is 27.0 Å². The molecule has 0 bridgehead atoms. The van der Waals surface area contributed by atoms with E-state index in [-0.39, 0.29) is 11.6 Å². The number of benzene rings is 2. The van der Waals surface area contributed by atoms with Gasteiger partial charge in [0.05, 0.1) is 0 Å². The topological polar surface area (TPSA) is 21.7 Å². The molecule has 26 heavy (non-hydrogen) atoms. The third-order valence-electron chi connectivity index (χ3n) is 4.23. The fraction of sp³-hybridized carbons (Fsp3) is 0.286. The molecule has 0 saturated carbocycles. The summed E-state index contributed by atoms with van der Waals surface area (Å²) in [5.41, 5.74) is 2.87. The van der Waals surface area contributed by atoms with E-state index in [1.807, 2.05) is 47.5 Å². The van der Waals surface area contributed by atoms with Crippen molar-refractivity contribution in [2.24, 2.45) is 0 Å². The molecule has 3 nitrogen and oxygen atoms in total. The number of hydroxylamine groups is 2. The molecular weight excluding hydrogens is 386 g/mol. The number of halogens is 1. The average molecular weight is 408 g/mol. The van der Waals surface area contributed by atoms with Crippen molar-refractivity contribution in [3.05, 3.63) is 76.3 Å². The summed E-state index contributed by atoms with van der Waals surface area (Å²) in [7, 11) is 1.67. The van der Waals surface area contributed by atoms with E-state index in [1.165, 1.54) is 0 Å². The van der Waals surface area contributed by atoms with Gasteiger partial charge in [-0.3, -0.25) is 0 Å². The van der Waals surface area contributed by atoms with Crippen molar-refractivity contribution < 1.29 is 25.4 Å². The summed E-state index contributed by atoms with van der Waals surface area (Å²) in [4.78, 5) is 6.40. The summed E-state index contributed by atoms with van der Waals surface area (Å²) >= 11 is 9.12. The molecule has 0 radical (unpaired) electrons. The first-order chi connectivity index (χ1) is 12.3. The van der Waals surface area contributed by atoms with Crippen LogP contribution in [-0.4, -0.2) is 22.3 Å². The summed E-state index contributed by atoms with van der Waals surface area (Å²) in [6.07, 6.45) is 0. The molecule has 3 rings (SSSR count). The molecule has 0 saturated heterocycles. The summed E-state index contributed by atoms with van der Waals surface area (Å²) in [5, 5.41) is 2.72. The number of nitrogens with zero attached hydrogens (tertiary/aromatic N) is 1. The molecule has 2 aromatic rings. The zero-order valence-electron chi connectivity index (χ0n) is 15.3.